The molecule has 3 aromatic carbocycles. The Morgan fingerprint density at radius 3 is 1.45 bits per heavy atom. The quantitative estimate of drug-likeness (QED) is 0.0906. The van der Waals surface area contributed by atoms with Gasteiger partial charge in [0.15, 0.2) is 11.6 Å². The number of aliphatic hydroxyl groups is 2. The lowest BCUT2D eigenvalue weighted by atomic mass is 9.83. The van der Waals surface area contributed by atoms with Crippen LogP contribution in [0.1, 0.15) is 74.0 Å². The standard InChI is InChI=1S/C43H54N2O8/c1-50-33-14-7-30(8-15-33)26-52-35-18-3-28(4-19-35)11-23-39(46)42(48)41(37-22-13-32(44)25-38(37)45)43(49)40(47)24-12-29-5-20-36(21-6-29)53-27-31-9-16-34(51-2)17-10-31/h3-6,11-13,18-25,30-31,33-34,41-43,48-49H,7-10,14-17,26-27,44-45H2,1-2H3/b23-11+,24-12+. The first kappa shape index (κ1) is 39.7. The number of ether oxygens (including phenoxy) is 4. The van der Waals surface area contributed by atoms with Gasteiger partial charge in [0.1, 0.15) is 23.7 Å². The van der Waals surface area contributed by atoms with Crippen molar-refractivity contribution in [2.24, 2.45) is 11.8 Å². The van der Waals surface area contributed by atoms with Crippen molar-refractivity contribution in [2.75, 3.05) is 38.9 Å². The van der Waals surface area contributed by atoms with Gasteiger partial charge in [-0.05, 0) is 128 Å². The van der Waals surface area contributed by atoms with E-state index in [1.54, 1.807) is 32.4 Å². The summed E-state index contributed by atoms with van der Waals surface area (Å²) in [5.41, 5.74) is 14.3. The first-order chi connectivity index (χ1) is 25.6. The van der Waals surface area contributed by atoms with E-state index >= 15 is 0 Å². The maximum Gasteiger partial charge on any atom is 0.184 e. The highest BCUT2D eigenvalue weighted by Gasteiger charge is 2.36. The average Bonchev–Trinajstić information content (AvgIpc) is 3.19. The molecule has 2 aliphatic carbocycles. The lowest BCUT2D eigenvalue weighted by Crippen LogP contribution is -2.39. The van der Waals surface area contributed by atoms with Crippen molar-refractivity contribution >= 4 is 35.1 Å². The number of ketones is 2. The number of aliphatic hydroxyl groups excluding tert-OH is 2. The van der Waals surface area contributed by atoms with Crippen LogP contribution >= 0.6 is 0 Å². The summed E-state index contributed by atoms with van der Waals surface area (Å²) >= 11 is 0. The Bertz CT molecular complexity index is 1570. The Balaban J connectivity index is 1.19. The summed E-state index contributed by atoms with van der Waals surface area (Å²) in [6.45, 7) is 1.28. The lowest BCUT2D eigenvalue weighted by molar-refractivity contribution is -0.130. The topological polar surface area (TPSA) is 164 Å². The monoisotopic (exact) mass is 726 g/mol. The summed E-state index contributed by atoms with van der Waals surface area (Å²) < 4.78 is 22.9. The molecule has 3 aromatic rings. The van der Waals surface area contributed by atoms with E-state index in [0.29, 0.717) is 54.1 Å². The molecular formula is C43H54N2O8. The Labute approximate surface area is 312 Å². The highest BCUT2D eigenvalue weighted by molar-refractivity contribution is 6.01. The van der Waals surface area contributed by atoms with Crippen molar-refractivity contribution in [1.29, 1.82) is 0 Å². The molecule has 0 aliphatic heterocycles. The third-order valence-electron chi connectivity index (χ3n) is 10.6. The zero-order valence-corrected chi connectivity index (χ0v) is 30.8. The molecule has 0 heterocycles. The number of rotatable bonds is 17. The molecule has 0 bridgehead atoms. The van der Waals surface area contributed by atoms with Crippen LogP contribution < -0.4 is 20.9 Å². The molecule has 2 aliphatic rings. The van der Waals surface area contributed by atoms with E-state index in [-0.39, 0.29) is 11.3 Å². The van der Waals surface area contributed by atoms with Crippen molar-refractivity contribution in [1.82, 2.24) is 0 Å². The fraction of sp³-hybridized carbons (Fsp3) is 0.442. The smallest absolute Gasteiger partial charge is 0.184 e. The van der Waals surface area contributed by atoms with Crippen molar-refractivity contribution in [2.45, 2.75) is 81.7 Å². The molecule has 284 valence electrons. The highest BCUT2D eigenvalue weighted by atomic mass is 16.5. The Kier molecular flexibility index (Phi) is 14.7. The van der Waals surface area contributed by atoms with Crippen LogP contribution in [0.5, 0.6) is 11.5 Å². The maximum absolute atomic E-state index is 13.3. The second-order valence-electron chi connectivity index (χ2n) is 14.3. The minimum absolute atomic E-state index is 0.145. The van der Waals surface area contributed by atoms with E-state index in [1.165, 1.54) is 24.3 Å². The molecule has 2 unspecified atom stereocenters. The first-order valence-electron chi connectivity index (χ1n) is 18.6. The third-order valence-corrected chi connectivity index (χ3v) is 10.6. The van der Waals surface area contributed by atoms with Gasteiger partial charge in [0.05, 0.1) is 31.3 Å². The van der Waals surface area contributed by atoms with Gasteiger partial charge >= 0.3 is 0 Å². The number of nitrogens with two attached hydrogens (primary N) is 2. The third kappa shape index (κ3) is 11.5. The van der Waals surface area contributed by atoms with Gasteiger partial charge in [0.2, 0.25) is 0 Å². The average molecular weight is 727 g/mol. The molecule has 5 rings (SSSR count). The van der Waals surface area contributed by atoms with Crippen molar-refractivity contribution in [3.05, 3.63) is 95.6 Å². The number of carbonyl (C=O) groups is 2. The summed E-state index contributed by atoms with van der Waals surface area (Å²) in [6.07, 6.45) is 11.2. The number of nitrogen functional groups attached to an aromatic ring is 2. The molecule has 0 radical (unpaired) electrons. The van der Waals surface area contributed by atoms with Crippen molar-refractivity contribution < 1.29 is 38.7 Å². The zero-order chi connectivity index (χ0) is 37.7. The van der Waals surface area contributed by atoms with Gasteiger partial charge in [-0.25, -0.2) is 0 Å². The molecule has 0 aromatic heterocycles. The summed E-state index contributed by atoms with van der Waals surface area (Å²) in [6, 6.07) is 19.1. The van der Waals surface area contributed by atoms with Gasteiger partial charge in [-0.3, -0.25) is 9.59 Å². The molecule has 53 heavy (non-hydrogen) atoms. The molecule has 2 fully saturated rings. The van der Waals surface area contributed by atoms with E-state index in [1.807, 2.05) is 48.5 Å². The van der Waals surface area contributed by atoms with Crippen LogP contribution in [0.15, 0.2) is 78.9 Å². The minimum Gasteiger partial charge on any atom is -0.493 e. The summed E-state index contributed by atoms with van der Waals surface area (Å²) in [5, 5.41) is 22.6. The van der Waals surface area contributed by atoms with Crippen LogP contribution in [0.3, 0.4) is 0 Å². The SMILES string of the molecule is COC1CCC(COc2ccc(/C=C/C(=O)C(O)C(c3ccc(N)cc3N)C(O)C(=O)/C=C/c3ccc(OCC4CCC(OC)CC4)cc3)cc2)CC1. The second kappa shape index (κ2) is 19.6. The lowest BCUT2D eigenvalue weighted by Gasteiger charge is -2.27. The Morgan fingerprint density at radius 1 is 0.660 bits per heavy atom. The number of methoxy groups -OCH3 is 2. The summed E-state index contributed by atoms with van der Waals surface area (Å²) in [4.78, 5) is 26.7. The van der Waals surface area contributed by atoms with Gasteiger partial charge in [0, 0.05) is 25.6 Å². The number of benzene rings is 3. The highest BCUT2D eigenvalue weighted by Crippen LogP contribution is 2.32. The summed E-state index contributed by atoms with van der Waals surface area (Å²) in [5.74, 6) is -0.294. The summed E-state index contributed by atoms with van der Waals surface area (Å²) in [7, 11) is 3.52. The molecule has 0 amide bonds. The van der Waals surface area contributed by atoms with E-state index < -0.39 is 29.7 Å². The number of anilines is 2. The van der Waals surface area contributed by atoms with Crippen LogP contribution in [0.4, 0.5) is 11.4 Å². The van der Waals surface area contributed by atoms with Gasteiger partial charge < -0.3 is 40.6 Å². The number of hydrogen-bond donors (Lipinski definition) is 4. The molecule has 2 atom stereocenters. The fourth-order valence-corrected chi connectivity index (χ4v) is 7.16. The Morgan fingerprint density at radius 2 is 1.08 bits per heavy atom. The van der Waals surface area contributed by atoms with Crippen LogP contribution in [0.2, 0.25) is 0 Å². The molecule has 10 heteroatoms. The molecule has 0 spiro atoms. The largest absolute Gasteiger partial charge is 0.493 e. The van der Waals surface area contributed by atoms with Crippen LogP contribution in [0, 0.1) is 11.8 Å². The predicted octanol–water partition coefficient (Wildman–Crippen LogP) is 6.39. The minimum atomic E-state index is -1.78. The number of carbonyl (C=O) groups excluding carboxylic acids is 2. The first-order valence-corrected chi connectivity index (χ1v) is 18.6. The molecule has 0 saturated heterocycles. The van der Waals surface area contributed by atoms with E-state index in [2.05, 4.69) is 0 Å². The normalized spacial score (nSPS) is 22.3. The van der Waals surface area contributed by atoms with Gasteiger partial charge in [-0.15, -0.1) is 0 Å². The van der Waals surface area contributed by atoms with Crippen LogP contribution in [0.25, 0.3) is 12.2 Å². The molecule has 2 saturated carbocycles. The second-order valence-corrected chi connectivity index (χ2v) is 14.3. The van der Waals surface area contributed by atoms with Crippen molar-refractivity contribution in [3.8, 4) is 11.5 Å². The fourth-order valence-electron chi connectivity index (χ4n) is 7.16. The maximum atomic E-state index is 13.3. The predicted molar refractivity (Wildman–Crippen MR) is 207 cm³/mol. The van der Waals surface area contributed by atoms with E-state index in [9.17, 15) is 19.8 Å². The van der Waals surface area contributed by atoms with Gasteiger partial charge in [-0.2, -0.15) is 0 Å². The van der Waals surface area contributed by atoms with Gasteiger partial charge in [-0.1, -0.05) is 42.5 Å². The van der Waals surface area contributed by atoms with Gasteiger partial charge in [0.25, 0.3) is 0 Å². The molecule has 6 N–H and O–H groups in total. The van der Waals surface area contributed by atoms with Crippen molar-refractivity contribution in [3.63, 3.8) is 0 Å². The van der Waals surface area contributed by atoms with E-state index in [4.69, 9.17) is 30.4 Å². The van der Waals surface area contributed by atoms with Crippen LogP contribution in [-0.2, 0) is 19.1 Å². The van der Waals surface area contributed by atoms with E-state index in [0.717, 1.165) is 62.9 Å². The number of hydrogen-bond acceptors (Lipinski definition) is 10. The van der Waals surface area contributed by atoms with Crippen LogP contribution in [-0.4, -0.2) is 73.6 Å². The Hall–Kier alpha value is -4.48. The molecule has 10 nitrogen and oxygen atoms in total. The molecular weight excluding hydrogens is 672 g/mol. The zero-order valence-electron chi connectivity index (χ0n) is 30.8.